The summed E-state index contributed by atoms with van der Waals surface area (Å²) in [5.41, 5.74) is 18.7. The summed E-state index contributed by atoms with van der Waals surface area (Å²) in [6.07, 6.45) is 0. The first kappa shape index (κ1) is 35.9. The zero-order valence-corrected chi connectivity index (χ0v) is 34.4. The highest BCUT2D eigenvalue weighted by Crippen LogP contribution is 2.56. The molecule has 1 aromatic heterocycles. The lowest BCUT2D eigenvalue weighted by Gasteiger charge is -2.28. The van der Waals surface area contributed by atoms with E-state index in [1.54, 1.807) is 0 Å². The van der Waals surface area contributed by atoms with E-state index in [-0.39, 0.29) is 10.8 Å². The fraction of sp³-hybridized carbons (Fsp3) is 0.105. The minimum atomic E-state index is -0.288. The monoisotopic (exact) mass is 771 g/mol. The van der Waals surface area contributed by atoms with E-state index in [2.05, 4.69) is 238 Å². The fourth-order valence-electron chi connectivity index (χ4n) is 9.76. The topological polar surface area (TPSA) is 19.4 Å². The molecule has 288 valence electrons. The number of anilines is 6. The van der Waals surface area contributed by atoms with Crippen molar-refractivity contribution in [3.8, 4) is 33.5 Å². The highest BCUT2D eigenvalue weighted by molar-refractivity contribution is 5.92. The number of hydrogen-bond acceptors (Lipinski definition) is 3. The molecule has 1 heterocycles. The molecular weight excluding hydrogens is 727 g/mol. The van der Waals surface area contributed by atoms with Crippen molar-refractivity contribution in [1.82, 2.24) is 4.98 Å². The molecule has 0 aliphatic heterocycles. The molecule has 3 heteroatoms. The second-order valence-corrected chi connectivity index (χ2v) is 17.3. The van der Waals surface area contributed by atoms with Crippen molar-refractivity contribution in [2.45, 2.75) is 38.5 Å². The Morgan fingerprint density at radius 1 is 0.333 bits per heavy atom. The predicted octanol–water partition coefficient (Wildman–Crippen LogP) is 15.5. The number of para-hydroxylation sites is 3. The zero-order valence-electron chi connectivity index (χ0n) is 34.4. The molecular formula is C57H45N3. The Kier molecular flexibility index (Phi) is 8.18. The molecule has 11 rings (SSSR count). The molecule has 0 amide bonds. The first-order valence-electron chi connectivity index (χ1n) is 21.0. The SMILES string of the molecule is CC1(C)c2cc(-c3ccc(N(c4ccccc4)c4ccccc4)cc3)ccc2-c2nc3c(cc21)-c1ccc(N(c2ccccc2)c2ccc4ccccc4c2)cc1C3(C)C. The van der Waals surface area contributed by atoms with Crippen LogP contribution in [0.25, 0.3) is 44.3 Å². The highest BCUT2D eigenvalue weighted by atomic mass is 15.1. The Bertz CT molecular complexity index is 3040. The van der Waals surface area contributed by atoms with Gasteiger partial charge in [-0.25, -0.2) is 0 Å². The minimum Gasteiger partial charge on any atom is -0.311 e. The highest BCUT2D eigenvalue weighted by Gasteiger charge is 2.43. The van der Waals surface area contributed by atoms with Crippen LogP contribution < -0.4 is 9.80 Å². The van der Waals surface area contributed by atoms with Crippen LogP contribution in [-0.2, 0) is 10.8 Å². The molecule has 0 fully saturated rings. The predicted molar refractivity (Wildman–Crippen MR) is 252 cm³/mol. The third-order valence-electron chi connectivity index (χ3n) is 13.0. The number of aromatic nitrogens is 1. The van der Waals surface area contributed by atoms with Crippen LogP contribution in [0.5, 0.6) is 0 Å². The van der Waals surface area contributed by atoms with E-state index in [4.69, 9.17) is 4.98 Å². The standard InChI is InChI=1S/C57H45N3/c1-56(2)51-35-41(39-24-28-45(29-25-39)59(42-18-8-5-9-19-42)43-20-10-6-11-21-43)27-32-49(51)54-53(56)37-50-48-33-31-47(36-52(48)57(3,4)55(50)58-54)60(44-22-12-7-13-23-44)46-30-26-38-16-14-15-17-40(38)34-46/h5-37H,1-4H3. The van der Waals surface area contributed by atoms with Crippen molar-refractivity contribution in [1.29, 1.82) is 0 Å². The van der Waals surface area contributed by atoms with Crippen LogP contribution >= 0.6 is 0 Å². The van der Waals surface area contributed by atoms with Crippen LogP contribution in [0.3, 0.4) is 0 Å². The van der Waals surface area contributed by atoms with Crippen molar-refractivity contribution >= 4 is 44.9 Å². The maximum Gasteiger partial charge on any atom is 0.0750 e. The van der Waals surface area contributed by atoms with E-state index >= 15 is 0 Å². The van der Waals surface area contributed by atoms with Crippen molar-refractivity contribution in [3.63, 3.8) is 0 Å². The summed E-state index contributed by atoms with van der Waals surface area (Å²) in [5.74, 6) is 0. The first-order valence-corrected chi connectivity index (χ1v) is 21.0. The maximum absolute atomic E-state index is 5.64. The van der Waals surface area contributed by atoms with Crippen LogP contribution in [0.4, 0.5) is 34.1 Å². The molecule has 8 aromatic carbocycles. The molecule has 0 bridgehead atoms. The van der Waals surface area contributed by atoms with E-state index in [0.717, 1.165) is 45.5 Å². The summed E-state index contributed by atoms with van der Waals surface area (Å²) in [5, 5.41) is 2.47. The van der Waals surface area contributed by atoms with Gasteiger partial charge < -0.3 is 9.80 Å². The summed E-state index contributed by atoms with van der Waals surface area (Å²) in [6, 6.07) is 72.7. The van der Waals surface area contributed by atoms with Gasteiger partial charge in [0.1, 0.15) is 0 Å². The summed E-state index contributed by atoms with van der Waals surface area (Å²) >= 11 is 0. The Balaban J connectivity index is 0.946. The van der Waals surface area contributed by atoms with Gasteiger partial charge in [0.15, 0.2) is 0 Å². The van der Waals surface area contributed by atoms with E-state index in [1.165, 1.54) is 55.3 Å². The van der Waals surface area contributed by atoms with Gasteiger partial charge in [-0.05, 0) is 129 Å². The molecule has 0 N–H and O–H groups in total. The van der Waals surface area contributed by atoms with Gasteiger partial charge in [-0.2, -0.15) is 0 Å². The zero-order chi connectivity index (χ0) is 40.6. The smallest absolute Gasteiger partial charge is 0.0750 e. The van der Waals surface area contributed by atoms with Crippen molar-refractivity contribution in [2.24, 2.45) is 0 Å². The fourth-order valence-corrected chi connectivity index (χ4v) is 9.76. The van der Waals surface area contributed by atoms with E-state index in [0.29, 0.717) is 0 Å². The van der Waals surface area contributed by atoms with Crippen molar-refractivity contribution < 1.29 is 0 Å². The summed E-state index contributed by atoms with van der Waals surface area (Å²) in [4.78, 5) is 10.3. The van der Waals surface area contributed by atoms with Crippen LogP contribution in [-0.4, -0.2) is 4.98 Å². The molecule has 2 aliphatic rings. The molecule has 9 aromatic rings. The molecule has 3 nitrogen and oxygen atoms in total. The average Bonchev–Trinajstić information content (AvgIpc) is 3.65. The number of pyridine rings is 1. The van der Waals surface area contributed by atoms with Crippen LogP contribution in [0, 0.1) is 0 Å². The van der Waals surface area contributed by atoms with Gasteiger partial charge in [0.25, 0.3) is 0 Å². The average molecular weight is 772 g/mol. The molecule has 0 saturated heterocycles. The Labute approximate surface area is 352 Å². The van der Waals surface area contributed by atoms with Gasteiger partial charge in [-0.3, -0.25) is 4.98 Å². The number of benzene rings is 8. The third-order valence-corrected chi connectivity index (χ3v) is 13.0. The molecule has 0 unspecified atom stereocenters. The quantitative estimate of drug-likeness (QED) is 0.161. The Morgan fingerprint density at radius 3 is 1.47 bits per heavy atom. The number of hydrogen-bond donors (Lipinski definition) is 0. The number of nitrogens with zero attached hydrogens (tertiary/aromatic N) is 3. The molecule has 0 radical (unpaired) electrons. The van der Waals surface area contributed by atoms with Gasteiger partial charge in [0.05, 0.1) is 11.4 Å². The molecule has 2 aliphatic carbocycles. The molecule has 0 saturated carbocycles. The summed E-state index contributed by atoms with van der Waals surface area (Å²) in [7, 11) is 0. The first-order chi connectivity index (χ1) is 29.3. The van der Waals surface area contributed by atoms with Gasteiger partial charge in [-0.15, -0.1) is 0 Å². The summed E-state index contributed by atoms with van der Waals surface area (Å²) in [6.45, 7) is 9.41. The van der Waals surface area contributed by atoms with E-state index in [9.17, 15) is 0 Å². The normalized spacial score (nSPS) is 13.9. The molecule has 0 spiro atoms. The van der Waals surface area contributed by atoms with Crippen molar-refractivity contribution in [3.05, 3.63) is 223 Å². The lowest BCUT2D eigenvalue weighted by molar-refractivity contribution is 0.631. The van der Waals surface area contributed by atoms with Gasteiger partial charge >= 0.3 is 0 Å². The van der Waals surface area contributed by atoms with Crippen LogP contribution in [0.1, 0.15) is 50.1 Å². The molecule has 60 heavy (non-hydrogen) atoms. The largest absolute Gasteiger partial charge is 0.311 e. The third kappa shape index (κ3) is 5.68. The van der Waals surface area contributed by atoms with Gasteiger partial charge in [0, 0.05) is 56.1 Å². The van der Waals surface area contributed by atoms with Crippen LogP contribution in [0.15, 0.2) is 200 Å². The van der Waals surface area contributed by atoms with Gasteiger partial charge in [0.2, 0.25) is 0 Å². The van der Waals surface area contributed by atoms with E-state index < -0.39 is 0 Å². The van der Waals surface area contributed by atoms with Crippen molar-refractivity contribution in [2.75, 3.05) is 9.80 Å². The minimum absolute atomic E-state index is 0.215. The molecule has 0 atom stereocenters. The van der Waals surface area contributed by atoms with Crippen LogP contribution in [0.2, 0.25) is 0 Å². The lowest BCUT2D eigenvalue weighted by Crippen LogP contribution is -2.19. The maximum atomic E-state index is 5.64. The number of fused-ring (bicyclic) bond motifs is 7. The summed E-state index contributed by atoms with van der Waals surface area (Å²) < 4.78 is 0. The second kappa shape index (κ2) is 13.7. The number of rotatable bonds is 7. The van der Waals surface area contributed by atoms with Gasteiger partial charge in [-0.1, -0.05) is 143 Å². The lowest BCUT2D eigenvalue weighted by atomic mass is 9.81. The Hall–Kier alpha value is -7.23. The second-order valence-electron chi connectivity index (χ2n) is 17.3. The van der Waals surface area contributed by atoms with E-state index in [1.807, 2.05) is 0 Å². The Morgan fingerprint density at radius 2 is 0.817 bits per heavy atom.